The molecule has 0 saturated carbocycles. The van der Waals surface area contributed by atoms with Gasteiger partial charge in [-0.3, -0.25) is 9.10 Å². The van der Waals surface area contributed by atoms with Crippen molar-refractivity contribution < 1.29 is 17.9 Å². The Morgan fingerprint density at radius 2 is 1.89 bits per heavy atom. The monoisotopic (exact) mass is 388 g/mol. The first kappa shape index (κ1) is 19.2. The smallest absolute Gasteiger partial charge is 0.235 e. The van der Waals surface area contributed by atoms with Crippen LogP contribution in [0.3, 0.4) is 0 Å². The third kappa shape index (κ3) is 4.80. The Balaban J connectivity index is 1.46. The predicted molar refractivity (Wildman–Crippen MR) is 106 cm³/mol. The lowest BCUT2D eigenvalue weighted by Gasteiger charge is -2.19. The van der Waals surface area contributed by atoms with Crippen LogP contribution in [0.4, 0.5) is 5.69 Å². The van der Waals surface area contributed by atoms with Crippen LogP contribution in [0.5, 0.6) is 5.75 Å². The van der Waals surface area contributed by atoms with Crippen LogP contribution in [0.15, 0.2) is 48.5 Å². The molecule has 6 nitrogen and oxygen atoms in total. The number of nitrogens with one attached hydrogen (secondary N) is 1. The maximum atomic E-state index is 12.6. The van der Waals surface area contributed by atoms with E-state index in [9.17, 15) is 13.2 Å². The lowest BCUT2D eigenvalue weighted by Crippen LogP contribution is -2.34. The van der Waals surface area contributed by atoms with Gasteiger partial charge in [0, 0.05) is 19.5 Å². The molecule has 0 bridgehead atoms. The van der Waals surface area contributed by atoms with Crippen molar-refractivity contribution in [3.63, 3.8) is 0 Å². The van der Waals surface area contributed by atoms with E-state index in [-0.39, 0.29) is 18.1 Å². The zero-order valence-corrected chi connectivity index (χ0v) is 16.2. The topological polar surface area (TPSA) is 75.7 Å². The molecule has 0 saturated heterocycles. The van der Waals surface area contributed by atoms with Gasteiger partial charge in [0.1, 0.15) is 5.75 Å². The van der Waals surface area contributed by atoms with E-state index >= 15 is 0 Å². The minimum atomic E-state index is -3.49. The van der Waals surface area contributed by atoms with Crippen molar-refractivity contribution in [3.8, 4) is 5.75 Å². The van der Waals surface area contributed by atoms with Crippen molar-refractivity contribution in [2.45, 2.75) is 19.3 Å². The van der Waals surface area contributed by atoms with Crippen molar-refractivity contribution in [2.75, 3.05) is 30.3 Å². The number of rotatable bonds is 8. The molecular formula is C20H24N2O4S. The number of benzene rings is 2. The summed E-state index contributed by atoms with van der Waals surface area (Å²) in [5.41, 5.74) is 2.85. The molecule has 0 radical (unpaired) electrons. The number of carbonyl (C=O) groups is 1. The van der Waals surface area contributed by atoms with E-state index in [1.54, 1.807) is 7.11 Å². The fourth-order valence-corrected chi connectivity index (χ4v) is 4.67. The van der Waals surface area contributed by atoms with Gasteiger partial charge in [-0.1, -0.05) is 30.3 Å². The second-order valence-corrected chi connectivity index (χ2v) is 8.48. The first-order chi connectivity index (χ1) is 13.0. The number of ether oxygens (including phenoxy) is 1. The fraction of sp³-hybridized carbons (Fsp3) is 0.350. The van der Waals surface area contributed by atoms with Crippen molar-refractivity contribution >= 4 is 21.6 Å². The Morgan fingerprint density at radius 3 is 2.63 bits per heavy atom. The van der Waals surface area contributed by atoms with E-state index in [2.05, 4.69) is 5.32 Å². The van der Waals surface area contributed by atoms with Crippen LogP contribution in [-0.4, -0.2) is 40.3 Å². The number of hydrogen-bond donors (Lipinski definition) is 1. The standard InChI is InChI=1S/C20H24N2O4S/c1-26-18-8-6-16(7-9-18)10-13-21-20(23)12-15-27(24,25)22-14-11-17-4-2-3-5-19(17)22/h2-9H,10-15H2,1H3,(H,21,23). The van der Waals surface area contributed by atoms with E-state index < -0.39 is 10.0 Å². The molecule has 1 aliphatic heterocycles. The van der Waals surface area contributed by atoms with Crippen molar-refractivity contribution in [1.82, 2.24) is 5.32 Å². The molecule has 144 valence electrons. The first-order valence-corrected chi connectivity index (χ1v) is 10.6. The molecule has 2 aromatic rings. The van der Waals surface area contributed by atoms with Crippen LogP contribution in [0.1, 0.15) is 17.5 Å². The minimum absolute atomic E-state index is 0.0381. The maximum Gasteiger partial charge on any atom is 0.235 e. The highest BCUT2D eigenvalue weighted by Crippen LogP contribution is 2.30. The minimum Gasteiger partial charge on any atom is -0.497 e. The van der Waals surface area contributed by atoms with Crippen molar-refractivity contribution in [3.05, 3.63) is 59.7 Å². The lowest BCUT2D eigenvalue weighted by molar-refractivity contribution is -0.120. The molecule has 1 heterocycles. The van der Waals surface area contributed by atoms with Crippen LogP contribution in [0.25, 0.3) is 0 Å². The fourth-order valence-electron chi connectivity index (χ4n) is 3.16. The van der Waals surface area contributed by atoms with Gasteiger partial charge >= 0.3 is 0 Å². The molecule has 0 aliphatic carbocycles. The SMILES string of the molecule is COc1ccc(CCNC(=O)CCS(=O)(=O)N2CCc3ccccc32)cc1. The molecule has 1 N–H and O–H groups in total. The van der Waals surface area contributed by atoms with Crippen molar-refractivity contribution in [2.24, 2.45) is 0 Å². The highest BCUT2D eigenvalue weighted by atomic mass is 32.2. The van der Waals surface area contributed by atoms with Gasteiger partial charge in [-0.15, -0.1) is 0 Å². The highest BCUT2D eigenvalue weighted by Gasteiger charge is 2.29. The second-order valence-electron chi connectivity index (χ2n) is 6.46. The lowest BCUT2D eigenvalue weighted by atomic mass is 10.1. The van der Waals surface area contributed by atoms with E-state index in [4.69, 9.17) is 4.74 Å². The molecule has 1 aliphatic rings. The molecule has 2 aromatic carbocycles. The number of amides is 1. The van der Waals surface area contributed by atoms with Gasteiger partial charge in [0.15, 0.2) is 0 Å². The Hall–Kier alpha value is -2.54. The number of carbonyl (C=O) groups excluding carboxylic acids is 1. The maximum absolute atomic E-state index is 12.6. The second kappa shape index (κ2) is 8.43. The molecule has 0 fully saturated rings. The van der Waals surface area contributed by atoms with E-state index in [1.807, 2.05) is 48.5 Å². The quantitative estimate of drug-likeness (QED) is 0.752. The number of sulfonamides is 1. The molecule has 3 rings (SSSR count). The zero-order valence-electron chi connectivity index (χ0n) is 15.3. The summed E-state index contributed by atoms with van der Waals surface area (Å²) in [6.07, 6.45) is 1.36. The molecule has 27 heavy (non-hydrogen) atoms. The molecule has 0 spiro atoms. The average Bonchev–Trinajstić information content (AvgIpc) is 3.12. The van der Waals surface area contributed by atoms with Gasteiger partial charge in [0.2, 0.25) is 15.9 Å². The summed E-state index contributed by atoms with van der Waals surface area (Å²) in [5, 5.41) is 2.79. The molecule has 7 heteroatoms. The molecule has 0 atom stereocenters. The first-order valence-electron chi connectivity index (χ1n) is 8.97. The van der Waals surface area contributed by atoms with Crippen LogP contribution in [0, 0.1) is 0 Å². The Bertz CT molecular complexity index is 894. The summed E-state index contributed by atoms with van der Waals surface area (Å²) in [6, 6.07) is 15.1. The summed E-state index contributed by atoms with van der Waals surface area (Å²) in [6.45, 7) is 0.915. The summed E-state index contributed by atoms with van der Waals surface area (Å²) in [7, 11) is -1.88. The van der Waals surface area contributed by atoms with Gasteiger partial charge < -0.3 is 10.1 Å². The number of anilines is 1. The number of hydrogen-bond acceptors (Lipinski definition) is 4. The molecule has 0 unspecified atom stereocenters. The van der Waals surface area contributed by atoms with Crippen LogP contribution in [-0.2, 0) is 27.7 Å². The average molecular weight is 388 g/mol. The largest absolute Gasteiger partial charge is 0.497 e. The molecular weight excluding hydrogens is 364 g/mol. The van der Waals surface area contributed by atoms with E-state index in [0.717, 1.165) is 22.6 Å². The summed E-state index contributed by atoms with van der Waals surface area (Å²) in [4.78, 5) is 12.0. The normalized spacial score (nSPS) is 13.3. The third-order valence-electron chi connectivity index (χ3n) is 4.66. The molecule has 0 aromatic heterocycles. The Kier molecular flexibility index (Phi) is 6.01. The van der Waals surface area contributed by atoms with Crippen LogP contribution < -0.4 is 14.4 Å². The van der Waals surface area contributed by atoms with Gasteiger partial charge in [-0.25, -0.2) is 8.42 Å². The number of para-hydroxylation sites is 1. The van der Waals surface area contributed by atoms with Crippen molar-refractivity contribution in [1.29, 1.82) is 0 Å². The number of fused-ring (bicyclic) bond motifs is 1. The third-order valence-corrected chi connectivity index (χ3v) is 6.43. The number of methoxy groups -OCH3 is 1. The van der Waals surface area contributed by atoms with Gasteiger partial charge in [-0.2, -0.15) is 0 Å². The summed E-state index contributed by atoms with van der Waals surface area (Å²) >= 11 is 0. The summed E-state index contributed by atoms with van der Waals surface area (Å²) in [5.74, 6) is 0.353. The van der Waals surface area contributed by atoms with Gasteiger partial charge in [-0.05, 0) is 42.2 Å². The van der Waals surface area contributed by atoms with E-state index in [0.29, 0.717) is 25.9 Å². The Labute approximate surface area is 160 Å². The Morgan fingerprint density at radius 1 is 1.15 bits per heavy atom. The van der Waals surface area contributed by atoms with Crippen LogP contribution in [0.2, 0.25) is 0 Å². The highest BCUT2D eigenvalue weighted by molar-refractivity contribution is 7.92. The molecule has 1 amide bonds. The van der Waals surface area contributed by atoms with Gasteiger partial charge in [0.05, 0.1) is 18.6 Å². The zero-order chi connectivity index (χ0) is 19.3. The number of nitrogens with zero attached hydrogens (tertiary/aromatic N) is 1. The predicted octanol–water partition coefficient (Wildman–Crippen LogP) is 2.14. The summed E-state index contributed by atoms with van der Waals surface area (Å²) < 4.78 is 31.7. The van der Waals surface area contributed by atoms with Gasteiger partial charge in [0.25, 0.3) is 0 Å². The van der Waals surface area contributed by atoms with Crippen LogP contribution >= 0.6 is 0 Å². The van der Waals surface area contributed by atoms with E-state index in [1.165, 1.54) is 4.31 Å².